The van der Waals surface area contributed by atoms with Crippen LogP contribution in [0.3, 0.4) is 0 Å². The third kappa shape index (κ3) is 3.59. The van der Waals surface area contributed by atoms with Crippen molar-refractivity contribution < 1.29 is 8.42 Å². The molecule has 0 spiro atoms. The molecule has 0 saturated carbocycles. The van der Waals surface area contributed by atoms with Crippen LogP contribution < -0.4 is 4.72 Å². The lowest BCUT2D eigenvalue weighted by atomic mass is 10.3. The number of hydrogen-bond donors (Lipinski definition) is 1. The van der Waals surface area contributed by atoms with Gasteiger partial charge in [0.1, 0.15) is 4.90 Å². The Morgan fingerprint density at radius 3 is 2.15 bits per heavy atom. The van der Waals surface area contributed by atoms with Gasteiger partial charge in [-0.05, 0) is 30.3 Å². The molecule has 0 radical (unpaired) electrons. The summed E-state index contributed by atoms with van der Waals surface area (Å²) in [5.41, 5.74) is 0.326. The third-order valence-corrected chi connectivity index (χ3v) is 5.30. The summed E-state index contributed by atoms with van der Waals surface area (Å²) in [5, 5.41) is 0.469. The van der Waals surface area contributed by atoms with E-state index < -0.39 is 10.0 Å². The number of benzene rings is 2. The molecule has 0 aliphatic carbocycles. The van der Waals surface area contributed by atoms with Gasteiger partial charge in [-0.15, -0.1) is 0 Å². The lowest BCUT2D eigenvalue weighted by Crippen LogP contribution is -2.14. The second-order valence-electron chi connectivity index (χ2n) is 3.81. The van der Waals surface area contributed by atoms with Crippen molar-refractivity contribution in [2.45, 2.75) is 4.90 Å². The first-order valence-corrected chi connectivity index (χ1v) is 8.63. The van der Waals surface area contributed by atoms with Crippen molar-refractivity contribution in [3.63, 3.8) is 0 Å². The molecule has 20 heavy (non-hydrogen) atoms. The smallest absolute Gasteiger partial charge is 0.264 e. The van der Waals surface area contributed by atoms with Gasteiger partial charge in [-0.25, -0.2) is 8.42 Å². The van der Waals surface area contributed by atoms with E-state index >= 15 is 0 Å². The van der Waals surface area contributed by atoms with Gasteiger partial charge in [0.2, 0.25) is 0 Å². The minimum Gasteiger partial charge on any atom is -0.279 e. The molecule has 0 bridgehead atoms. The predicted molar refractivity (Wildman–Crippen MR) is 86.4 cm³/mol. The van der Waals surface area contributed by atoms with Crippen LogP contribution in [0, 0.1) is 0 Å². The van der Waals surface area contributed by atoms with Crippen molar-refractivity contribution in [3.05, 3.63) is 55.9 Å². The number of sulfonamides is 1. The lowest BCUT2D eigenvalue weighted by molar-refractivity contribution is 0.601. The largest absolute Gasteiger partial charge is 0.279 e. The molecule has 2 aromatic rings. The maximum absolute atomic E-state index is 12.3. The zero-order valence-corrected chi connectivity index (χ0v) is 14.4. The highest BCUT2D eigenvalue weighted by Gasteiger charge is 2.22. The van der Waals surface area contributed by atoms with E-state index in [1.165, 1.54) is 18.2 Å². The van der Waals surface area contributed by atoms with Gasteiger partial charge in [0, 0.05) is 9.50 Å². The van der Waals surface area contributed by atoms with Crippen molar-refractivity contribution in [1.29, 1.82) is 0 Å². The molecule has 0 aromatic heterocycles. The molecule has 0 amide bonds. The molecule has 8 heteroatoms. The van der Waals surface area contributed by atoms with Gasteiger partial charge >= 0.3 is 0 Å². The standard InChI is InChI=1S/C12H7BrCl3NO2S/c13-7-4-10(15)12(11(16)5-7)20(18,19)17-9-3-1-2-8(14)6-9/h1-6,17H. The molecule has 2 rings (SSSR count). The molecule has 0 aliphatic rings. The quantitative estimate of drug-likeness (QED) is 0.748. The fourth-order valence-electron chi connectivity index (χ4n) is 1.54. The summed E-state index contributed by atoms with van der Waals surface area (Å²) in [6, 6.07) is 9.24. The summed E-state index contributed by atoms with van der Waals surface area (Å²) in [7, 11) is -3.90. The van der Waals surface area contributed by atoms with Crippen LogP contribution in [0.1, 0.15) is 0 Å². The molecule has 3 nitrogen and oxygen atoms in total. The summed E-state index contributed by atoms with van der Waals surface area (Å²) in [6.07, 6.45) is 0. The first-order valence-electron chi connectivity index (χ1n) is 5.22. The van der Waals surface area contributed by atoms with Crippen molar-refractivity contribution in [2.75, 3.05) is 4.72 Å². The summed E-state index contributed by atoms with van der Waals surface area (Å²) in [5.74, 6) is 0. The second-order valence-corrected chi connectivity index (χ2v) is 7.60. The summed E-state index contributed by atoms with van der Waals surface area (Å²) in [6.45, 7) is 0. The maximum Gasteiger partial charge on any atom is 0.264 e. The predicted octanol–water partition coefficient (Wildman–Crippen LogP) is 5.21. The molecular weight excluding hydrogens is 408 g/mol. The van der Waals surface area contributed by atoms with E-state index in [4.69, 9.17) is 34.8 Å². The Morgan fingerprint density at radius 2 is 1.60 bits per heavy atom. The molecule has 0 unspecified atom stereocenters. The Bertz CT molecular complexity index is 742. The van der Waals surface area contributed by atoms with E-state index in [9.17, 15) is 8.42 Å². The van der Waals surface area contributed by atoms with E-state index in [-0.39, 0.29) is 14.9 Å². The van der Waals surface area contributed by atoms with Gasteiger partial charge in [0.25, 0.3) is 10.0 Å². The van der Waals surface area contributed by atoms with Gasteiger partial charge in [-0.3, -0.25) is 4.72 Å². The highest BCUT2D eigenvalue weighted by molar-refractivity contribution is 9.10. The van der Waals surface area contributed by atoms with Crippen LogP contribution in [-0.2, 0) is 10.0 Å². The van der Waals surface area contributed by atoms with E-state index in [1.54, 1.807) is 18.2 Å². The zero-order valence-electron chi connectivity index (χ0n) is 9.70. The number of halogens is 4. The van der Waals surface area contributed by atoms with Crippen LogP contribution in [0.25, 0.3) is 0 Å². The molecule has 2 aromatic carbocycles. The first-order chi connectivity index (χ1) is 9.29. The Hall–Kier alpha value is -0.460. The average molecular weight is 416 g/mol. The SMILES string of the molecule is O=S(=O)(Nc1cccc(Cl)c1)c1c(Cl)cc(Br)cc1Cl. The van der Waals surface area contributed by atoms with E-state index in [0.717, 1.165) is 0 Å². The average Bonchev–Trinajstić information content (AvgIpc) is 2.25. The summed E-state index contributed by atoms with van der Waals surface area (Å²) in [4.78, 5) is -0.177. The second kappa shape index (κ2) is 6.12. The molecule has 1 N–H and O–H groups in total. The van der Waals surface area contributed by atoms with E-state index in [1.807, 2.05) is 0 Å². The zero-order chi connectivity index (χ0) is 14.9. The van der Waals surface area contributed by atoms with Crippen molar-refractivity contribution in [2.24, 2.45) is 0 Å². The molecule has 0 aliphatic heterocycles. The topological polar surface area (TPSA) is 46.2 Å². The lowest BCUT2D eigenvalue weighted by Gasteiger charge is -2.11. The molecule has 0 fully saturated rings. The molecule has 0 atom stereocenters. The Morgan fingerprint density at radius 1 is 1.00 bits per heavy atom. The number of nitrogens with one attached hydrogen (secondary N) is 1. The Balaban J connectivity index is 2.46. The van der Waals surface area contributed by atoms with Gasteiger partial charge in [-0.1, -0.05) is 56.8 Å². The highest BCUT2D eigenvalue weighted by atomic mass is 79.9. The Labute approximate surface area is 140 Å². The van der Waals surface area contributed by atoms with Crippen molar-refractivity contribution in [1.82, 2.24) is 0 Å². The maximum atomic E-state index is 12.3. The van der Waals surface area contributed by atoms with Crippen molar-refractivity contribution in [3.8, 4) is 0 Å². The minimum absolute atomic E-state index is 0.0268. The van der Waals surface area contributed by atoms with E-state index in [0.29, 0.717) is 15.2 Å². The minimum atomic E-state index is -3.90. The molecule has 106 valence electrons. The van der Waals surface area contributed by atoms with Crippen LogP contribution in [0.2, 0.25) is 15.1 Å². The fraction of sp³-hybridized carbons (Fsp3) is 0. The van der Waals surface area contributed by atoms with Crippen molar-refractivity contribution >= 4 is 66.4 Å². The Kier molecular flexibility index (Phi) is 4.87. The number of hydrogen-bond acceptors (Lipinski definition) is 2. The van der Waals surface area contributed by atoms with Gasteiger partial charge in [-0.2, -0.15) is 0 Å². The molecular formula is C12H7BrCl3NO2S. The summed E-state index contributed by atoms with van der Waals surface area (Å²) >= 11 is 20.9. The number of anilines is 1. The van der Waals surface area contributed by atoms with Gasteiger partial charge in [0.15, 0.2) is 0 Å². The number of rotatable bonds is 3. The van der Waals surface area contributed by atoms with Crippen LogP contribution in [-0.4, -0.2) is 8.42 Å². The molecule has 0 heterocycles. The normalized spacial score (nSPS) is 11.4. The van der Waals surface area contributed by atoms with Crippen LogP contribution in [0.4, 0.5) is 5.69 Å². The third-order valence-electron chi connectivity index (χ3n) is 2.31. The van der Waals surface area contributed by atoms with Crippen LogP contribution in [0.5, 0.6) is 0 Å². The van der Waals surface area contributed by atoms with Gasteiger partial charge in [0.05, 0.1) is 15.7 Å². The first kappa shape index (κ1) is 15.9. The monoisotopic (exact) mass is 413 g/mol. The van der Waals surface area contributed by atoms with Crippen LogP contribution in [0.15, 0.2) is 45.8 Å². The van der Waals surface area contributed by atoms with E-state index in [2.05, 4.69) is 20.7 Å². The van der Waals surface area contributed by atoms with Crippen LogP contribution >= 0.6 is 50.7 Å². The fourth-order valence-corrected chi connectivity index (χ4v) is 4.72. The summed E-state index contributed by atoms with van der Waals surface area (Å²) < 4.78 is 27.6. The molecule has 0 saturated heterocycles. The highest BCUT2D eigenvalue weighted by Crippen LogP contribution is 2.34. The van der Waals surface area contributed by atoms with Gasteiger partial charge < -0.3 is 0 Å².